The van der Waals surface area contributed by atoms with E-state index in [1.54, 1.807) is 12.1 Å². The Labute approximate surface area is 83.4 Å². The molecular formula is C9H5F2N3O. The van der Waals surface area contributed by atoms with Gasteiger partial charge in [0.1, 0.15) is 11.8 Å². The van der Waals surface area contributed by atoms with E-state index in [0.29, 0.717) is 0 Å². The minimum Gasteiger partial charge on any atom is -0.320 e. The Morgan fingerprint density at radius 3 is 2.60 bits per heavy atom. The standard InChI is InChI=1S/C9H5F2N3O/c10-9(11)8-6(4-13)5(1-2-12)3-7(15)14-8/h3,9H,1H2,(H,14,15). The fraction of sp³-hybridized carbons (Fsp3) is 0.222. The van der Waals surface area contributed by atoms with Crippen molar-refractivity contribution in [3.63, 3.8) is 0 Å². The molecule has 1 rings (SSSR count). The maximum atomic E-state index is 12.4. The Kier molecular flexibility index (Phi) is 3.14. The van der Waals surface area contributed by atoms with Crippen LogP contribution in [0.5, 0.6) is 0 Å². The van der Waals surface area contributed by atoms with Gasteiger partial charge in [0.2, 0.25) is 5.56 Å². The number of aromatic amines is 1. The fourth-order valence-electron chi connectivity index (χ4n) is 1.15. The molecule has 4 nitrogen and oxygen atoms in total. The summed E-state index contributed by atoms with van der Waals surface area (Å²) >= 11 is 0. The number of rotatable bonds is 2. The third-order valence-corrected chi connectivity index (χ3v) is 1.75. The average Bonchev–Trinajstić information content (AvgIpc) is 2.17. The van der Waals surface area contributed by atoms with E-state index in [1.807, 2.05) is 4.98 Å². The first-order valence-corrected chi connectivity index (χ1v) is 3.91. The van der Waals surface area contributed by atoms with Crippen LogP contribution in [0.3, 0.4) is 0 Å². The van der Waals surface area contributed by atoms with Gasteiger partial charge in [0.25, 0.3) is 6.43 Å². The highest BCUT2D eigenvalue weighted by molar-refractivity contribution is 5.42. The van der Waals surface area contributed by atoms with E-state index < -0.39 is 17.7 Å². The second-order valence-corrected chi connectivity index (χ2v) is 2.69. The van der Waals surface area contributed by atoms with Crippen LogP contribution in [0.2, 0.25) is 0 Å². The molecule has 76 valence electrons. The van der Waals surface area contributed by atoms with Crippen molar-refractivity contribution in [2.75, 3.05) is 0 Å². The highest BCUT2D eigenvalue weighted by Crippen LogP contribution is 2.21. The summed E-state index contributed by atoms with van der Waals surface area (Å²) in [4.78, 5) is 12.8. The summed E-state index contributed by atoms with van der Waals surface area (Å²) in [6, 6.07) is 4.24. The summed E-state index contributed by atoms with van der Waals surface area (Å²) < 4.78 is 24.8. The van der Waals surface area contributed by atoms with E-state index in [0.717, 1.165) is 6.07 Å². The number of nitrogens with one attached hydrogen (secondary N) is 1. The monoisotopic (exact) mass is 209 g/mol. The van der Waals surface area contributed by atoms with Gasteiger partial charge in [-0.05, 0) is 5.56 Å². The van der Waals surface area contributed by atoms with Crippen LogP contribution in [0.25, 0.3) is 0 Å². The van der Waals surface area contributed by atoms with Gasteiger partial charge in [-0.15, -0.1) is 0 Å². The van der Waals surface area contributed by atoms with Crippen molar-refractivity contribution >= 4 is 0 Å². The van der Waals surface area contributed by atoms with Crippen LogP contribution in [0.4, 0.5) is 8.78 Å². The first-order chi connectivity index (χ1) is 7.10. The summed E-state index contributed by atoms with van der Waals surface area (Å²) in [6.45, 7) is 0. The third-order valence-electron chi connectivity index (χ3n) is 1.75. The number of pyridine rings is 1. The molecule has 1 aromatic rings. The van der Waals surface area contributed by atoms with E-state index in [9.17, 15) is 13.6 Å². The van der Waals surface area contributed by atoms with Crippen molar-refractivity contribution in [1.82, 2.24) is 4.98 Å². The van der Waals surface area contributed by atoms with Gasteiger partial charge in [-0.2, -0.15) is 10.5 Å². The van der Waals surface area contributed by atoms with Gasteiger partial charge in [0.05, 0.1) is 18.1 Å². The quantitative estimate of drug-likeness (QED) is 0.795. The largest absolute Gasteiger partial charge is 0.320 e. The Balaban J connectivity index is 3.48. The lowest BCUT2D eigenvalue weighted by Gasteiger charge is -2.05. The maximum Gasteiger partial charge on any atom is 0.279 e. The molecule has 0 bridgehead atoms. The molecule has 0 amide bonds. The van der Waals surface area contributed by atoms with Crippen molar-refractivity contribution < 1.29 is 8.78 Å². The molecule has 1 N–H and O–H groups in total. The molecule has 0 aliphatic rings. The smallest absolute Gasteiger partial charge is 0.279 e. The van der Waals surface area contributed by atoms with Crippen molar-refractivity contribution in [3.8, 4) is 12.1 Å². The molecule has 0 atom stereocenters. The van der Waals surface area contributed by atoms with Crippen LogP contribution in [-0.4, -0.2) is 4.98 Å². The van der Waals surface area contributed by atoms with Crippen molar-refractivity contribution in [2.24, 2.45) is 0 Å². The number of hydrogen-bond donors (Lipinski definition) is 1. The number of alkyl halides is 2. The van der Waals surface area contributed by atoms with Crippen LogP contribution in [-0.2, 0) is 6.42 Å². The molecule has 0 radical (unpaired) electrons. The second kappa shape index (κ2) is 4.34. The van der Waals surface area contributed by atoms with Gasteiger partial charge < -0.3 is 4.98 Å². The van der Waals surface area contributed by atoms with Gasteiger partial charge in [-0.3, -0.25) is 4.79 Å². The Morgan fingerprint density at radius 1 is 1.47 bits per heavy atom. The summed E-state index contributed by atoms with van der Waals surface area (Å²) in [5, 5.41) is 17.1. The average molecular weight is 209 g/mol. The molecule has 0 aromatic carbocycles. The van der Waals surface area contributed by atoms with Crippen LogP contribution >= 0.6 is 0 Å². The zero-order valence-corrected chi connectivity index (χ0v) is 7.42. The van der Waals surface area contributed by atoms with Gasteiger partial charge in [-0.1, -0.05) is 0 Å². The summed E-state index contributed by atoms with van der Waals surface area (Å²) in [5.74, 6) is 0. The van der Waals surface area contributed by atoms with Crippen molar-refractivity contribution in [3.05, 3.63) is 33.2 Å². The molecule has 0 fully saturated rings. The summed E-state index contributed by atoms with van der Waals surface area (Å²) in [6.07, 6.45) is -3.18. The zero-order valence-electron chi connectivity index (χ0n) is 7.42. The number of aromatic nitrogens is 1. The second-order valence-electron chi connectivity index (χ2n) is 2.69. The lowest BCUT2D eigenvalue weighted by atomic mass is 10.1. The highest BCUT2D eigenvalue weighted by atomic mass is 19.3. The molecule has 0 aliphatic carbocycles. The predicted molar refractivity (Wildman–Crippen MR) is 46.1 cm³/mol. The van der Waals surface area contributed by atoms with Crippen molar-refractivity contribution in [1.29, 1.82) is 10.5 Å². The molecule has 0 spiro atoms. The molecule has 0 saturated carbocycles. The van der Waals surface area contributed by atoms with E-state index >= 15 is 0 Å². The molecule has 0 aliphatic heterocycles. The lowest BCUT2D eigenvalue weighted by Crippen LogP contribution is -2.13. The normalized spacial score (nSPS) is 9.67. The molecule has 6 heteroatoms. The Bertz CT molecular complexity index is 508. The molecule has 1 heterocycles. The topological polar surface area (TPSA) is 80.4 Å². The summed E-state index contributed by atoms with van der Waals surface area (Å²) in [7, 11) is 0. The number of H-pyrrole nitrogens is 1. The number of hydrogen-bond acceptors (Lipinski definition) is 3. The molecular weight excluding hydrogens is 204 g/mol. The molecule has 0 unspecified atom stereocenters. The van der Waals surface area contributed by atoms with Crippen molar-refractivity contribution in [2.45, 2.75) is 12.8 Å². The fourth-order valence-corrected chi connectivity index (χ4v) is 1.15. The molecule has 0 saturated heterocycles. The summed E-state index contributed by atoms with van der Waals surface area (Å²) in [5.41, 5.74) is -1.77. The Morgan fingerprint density at radius 2 is 2.13 bits per heavy atom. The van der Waals surface area contributed by atoms with E-state index in [1.165, 1.54) is 0 Å². The zero-order chi connectivity index (χ0) is 11.4. The van der Waals surface area contributed by atoms with E-state index in [-0.39, 0.29) is 17.5 Å². The van der Waals surface area contributed by atoms with E-state index in [4.69, 9.17) is 10.5 Å². The van der Waals surface area contributed by atoms with Crippen LogP contribution < -0.4 is 5.56 Å². The van der Waals surface area contributed by atoms with Gasteiger partial charge in [0.15, 0.2) is 0 Å². The number of nitriles is 2. The first-order valence-electron chi connectivity index (χ1n) is 3.91. The molecule has 15 heavy (non-hydrogen) atoms. The van der Waals surface area contributed by atoms with Gasteiger partial charge in [0, 0.05) is 6.07 Å². The van der Waals surface area contributed by atoms with E-state index in [2.05, 4.69) is 0 Å². The minimum absolute atomic E-state index is 0.0269. The SMILES string of the molecule is N#CCc1cc(=O)[nH]c(C(F)F)c1C#N. The Hall–Kier alpha value is -2.21. The van der Waals surface area contributed by atoms with Crippen LogP contribution in [0, 0.1) is 22.7 Å². The maximum absolute atomic E-state index is 12.4. The van der Waals surface area contributed by atoms with Crippen LogP contribution in [0.1, 0.15) is 23.2 Å². The third kappa shape index (κ3) is 2.18. The highest BCUT2D eigenvalue weighted by Gasteiger charge is 2.17. The van der Waals surface area contributed by atoms with Gasteiger partial charge >= 0.3 is 0 Å². The predicted octanol–water partition coefficient (Wildman–Crippen LogP) is 1.25. The molecule has 1 aromatic heterocycles. The van der Waals surface area contributed by atoms with Gasteiger partial charge in [-0.25, -0.2) is 8.78 Å². The van der Waals surface area contributed by atoms with Crippen LogP contribution in [0.15, 0.2) is 10.9 Å². The number of halogens is 2. The number of nitrogens with zero attached hydrogens (tertiary/aromatic N) is 2. The lowest BCUT2D eigenvalue weighted by molar-refractivity contribution is 0.145. The first kappa shape index (κ1) is 10.9. The minimum atomic E-state index is -2.94.